The monoisotopic (exact) mass is 543 g/mol. The van der Waals surface area contributed by atoms with E-state index < -0.39 is 51.6 Å². The largest absolute Gasteiger partial charge is 0.480 e. The molecule has 0 aliphatic carbocycles. The number of carbonyl (C=O) groups excluding carboxylic acids is 3. The minimum atomic E-state index is -3.95. The average molecular weight is 544 g/mol. The molecule has 0 spiro atoms. The molecule has 1 heterocycles. The summed E-state index contributed by atoms with van der Waals surface area (Å²) in [6.45, 7) is 5.03. The zero-order chi connectivity index (χ0) is 28.1. The highest BCUT2D eigenvalue weighted by molar-refractivity contribution is 7.99. The Labute approximate surface area is 220 Å². The standard InChI is InChI=1S/C26H29N3O8S/c1-26(2,3)37-25(34)28-19(13-16-7-5-4-6-8-16)23(31)27-20(24(32)33)14-17-9-11-18(12-10-17)21-15-22(30)29-38(21,35)36/h4-12,15,19-20H,13-14H2,1-3H3,(H,27,31)(H,28,34)(H,29,30)(H,32,33)/t19?,20-/m0/s1. The van der Waals surface area contributed by atoms with Crippen molar-refractivity contribution in [2.24, 2.45) is 0 Å². The van der Waals surface area contributed by atoms with Crippen molar-refractivity contribution in [3.8, 4) is 0 Å². The molecule has 12 heteroatoms. The van der Waals surface area contributed by atoms with Gasteiger partial charge in [0.05, 0.1) is 0 Å². The number of sulfonamides is 1. The SMILES string of the molecule is CC(C)(C)OC(=O)NC(Cc1ccccc1)C(=O)N[C@@H](Cc1ccc(C2=CC(=O)NS2(=O)=O)cc1)C(=O)O. The number of amides is 3. The molecule has 202 valence electrons. The van der Waals surface area contributed by atoms with E-state index in [-0.39, 0.29) is 23.3 Å². The number of alkyl carbamates (subject to hydrolysis) is 1. The summed E-state index contributed by atoms with van der Waals surface area (Å²) in [6.07, 6.45) is 0.132. The molecule has 3 amide bonds. The molecule has 0 saturated carbocycles. The van der Waals surface area contributed by atoms with Crippen LogP contribution in [0.1, 0.15) is 37.5 Å². The summed E-state index contributed by atoms with van der Waals surface area (Å²) in [5.41, 5.74) is 0.699. The molecule has 0 saturated heterocycles. The maximum absolute atomic E-state index is 13.1. The second kappa shape index (κ2) is 11.5. The normalized spacial score (nSPS) is 16.0. The molecule has 0 aromatic heterocycles. The van der Waals surface area contributed by atoms with Crippen molar-refractivity contribution < 1.29 is 37.4 Å². The zero-order valence-electron chi connectivity index (χ0n) is 21.1. The van der Waals surface area contributed by atoms with Gasteiger partial charge in [-0.05, 0) is 37.5 Å². The molecule has 1 unspecified atom stereocenters. The Kier molecular flexibility index (Phi) is 8.56. The fourth-order valence-corrected chi connectivity index (χ4v) is 4.82. The van der Waals surface area contributed by atoms with Crippen molar-refractivity contribution in [3.63, 3.8) is 0 Å². The van der Waals surface area contributed by atoms with Gasteiger partial charge in [-0.1, -0.05) is 54.6 Å². The summed E-state index contributed by atoms with van der Waals surface area (Å²) in [6, 6.07) is 12.4. The Hall–Kier alpha value is -4.19. The third kappa shape index (κ3) is 7.90. The molecule has 2 aromatic rings. The van der Waals surface area contributed by atoms with Crippen LogP contribution in [0.15, 0.2) is 60.7 Å². The summed E-state index contributed by atoms with van der Waals surface area (Å²) >= 11 is 0. The molecule has 1 aliphatic rings. The van der Waals surface area contributed by atoms with Crippen LogP contribution in [0, 0.1) is 0 Å². The number of nitrogens with one attached hydrogen (secondary N) is 3. The van der Waals surface area contributed by atoms with Gasteiger partial charge in [-0.15, -0.1) is 0 Å². The van der Waals surface area contributed by atoms with Crippen LogP contribution in [-0.2, 0) is 42.0 Å². The number of rotatable bonds is 9. The van der Waals surface area contributed by atoms with E-state index in [0.717, 1.165) is 11.6 Å². The van der Waals surface area contributed by atoms with Gasteiger partial charge in [-0.3, -0.25) is 9.59 Å². The maximum Gasteiger partial charge on any atom is 0.408 e. The smallest absolute Gasteiger partial charge is 0.408 e. The van der Waals surface area contributed by atoms with Crippen LogP contribution in [0.4, 0.5) is 4.79 Å². The highest BCUT2D eigenvalue weighted by atomic mass is 32.2. The number of carboxylic acid groups (broad SMARTS) is 1. The van der Waals surface area contributed by atoms with Crippen LogP contribution in [0.25, 0.3) is 4.91 Å². The van der Waals surface area contributed by atoms with Crippen LogP contribution in [0.5, 0.6) is 0 Å². The predicted molar refractivity (Wildman–Crippen MR) is 138 cm³/mol. The fraction of sp³-hybridized carbons (Fsp3) is 0.308. The van der Waals surface area contributed by atoms with Gasteiger partial charge in [-0.2, -0.15) is 0 Å². The highest BCUT2D eigenvalue weighted by Crippen LogP contribution is 2.24. The van der Waals surface area contributed by atoms with E-state index in [1.54, 1.807) is 51.1 Å². The van der Waals surface area contributed by atoms with Gasteiger partial charge in [0.2, 0.25) is 5.91 Å². The number of hydrogen-bond donors (Lipinski definition) is 4. The van der Waals surface area contributed by atoms with Gasteiger partial charge in [0.25, 0.3) is 15.9 Å². The number of carbonyl (C=O) groups is 4. The van der Waals surface area contributed by atoms with Crippen molar-refractivity contribution >= 4 is 38.8 Å². The van der Waals surface area contributed by atoms with Crippen molar-refractivity contribution in [1.29, 1.82) is 0 Å². The first-order chi connectivity index (χ1) is 17.7. The van der Waals surface area contributed by atoms with E-state index in [0.29, 0.717) is 5.56 Å². The van der Waals surface area contributed by atoms with Gasteiger partial charge in [-0.25, -0.2) is 22.7 Å². The first-order valence-corrected chi connectivity index (χ1v) is 13.2. The van der Waals surface area contributed by atoms with E-state index >= 15 is 0 Å². The minimum Gasteiger partial charge on any atom is -0.480 e. The molecule has 0 fully saturated rings. The van der Waals surface area contributed by atoms with Crippen LogP contribution in [-0.4, -0.2) is 55.1 Å². The number of carboxylic acids is 1. The highest BCUT2D eigenvalue weighted by Gasteiger charge is 2.30. The Morgan fingerprint density at radius 1 is 0.921 bits per heavy atom. The molecule has 11 nitrogen and oxygen atoms in total. The molecule has 1 aliphatic heterocycles. The number of benzene rings is 2. The maximum atomic E-state index is 13.1. The Morgan fingerprint density at radius 2 is 1.50 bits per heavy atom. The van der Waals surface area contributed by atoms with E-state index in [9.17, 15) is 32.7 Å². The molecule has 4 N–H and O–H groups in total. The van der Waals surface area contributed by atoms with Crippen molar-refractivity contribution in [2.45, 2.75) is 51.3 Å². The van der Waals surface area contributed by atoms with Crippen molar-refractivity contribution in [3.05, 3.63) is 77.4 Å². The quantitative estimate of drug-likeness (QED) is 0.371. The van der Waals surface area contributed by atoms with Gasteiger partial charge >= 0.3 is 12.1 Å². The predicted octanol–water partition coefficient (Wildman–Crippen LogP) is 1.73. The van der Waals surface area contributed by atoms with Crippen LogP contribution in [0.2, 0.25) is 0 Å². The Morgan fingerprint density at radius 3 is 2.03 bits per heavy atom. The minimum absolute atomic E-state index is 0.100. The second-order valence-corrected chi connectivity index (χ2v) is 11.3. The molecule has 2 atom stereocenters. The first kappa shape index (κ1) is 28.4. The molecular formula is C26H29N3O8S. The number of ether oxygens (including phenoxy) is 1. The van der Waals surface area contributed by atoms with E-state index in [4.69, 9.17) is 4.74 Å². The topological polar surface area (TPSA) is 168 Å². The number of aliphatic carboxylic acids is 1. The third-order valence-corrected chi connectivity index (χ3v) is 6.77. The van der Waals surface area contributed by atoms with Crippen LogP contribution >= 0.6 is 0 Å². The van der Waals surface area contributed by atoms with Crippen molar-refractivity contribution in [1.82, 2.24) is 15.4 Å². The molecule has 38 heavy (non-hydrogen) atoms. The second-order valence-electron chi connectivity index (χ2n) is 9.67. The van der Waals surface area contributed by atoms with Gasteiger partial charge in [0.1, 0.15) is 22.6 Å². The Bertz CT molecular complexity index is 1350. The summed E-state index contributed by atoms with van der Waals surface area (Å²) in [7, 11) is -3.95. The lowest BCUT2D eigenvalue weighted by Crippen LogP contribution is -2.53. The molecular weight excluding hydrogens is 514 g/mol. The molecule has 3 rings (SSSR count). The first-order valence-electron chi connectivity index (χ1n) is 11.7. The van der Waals surface area contributed by atoms with Crippen LogP contribution in [0.3, 0.4) is 0 Å². The average Bonchev–Trinajstić information content (AvgIpc) is 3.09. The van der Waals surface area contributed by atoms with E-state index in [1.165, 1.54) is 24.3 Å². The summed E-state index contributed by atoms with van der Waals surface area (Å²) in [4.78, 5) is 48.7. The van der Waals surface area contributed by atoms with Crippen LogP contribution < -0.4 is 15.4 Å². The number of hydrogen-bond acceptors (Lipinski definition) is 7. The van der Waals surface area contributed by atoms with Gasteiger partial charge in [0.15, 0.2) is 0 Å². The fourth-order valence-electron chi connectivity index (χ4n) is 3.67. The lowest BCUT2D eigenvalue weighted by molar-refractivity contribution is -0.142. The molecule has 0 radical (unpaired) electrons. The van der Waals surface area contributed by atoms with Gasteiger partial charge < -0.3 is 20.5 Å². The molecule has 0 bridgehead atoms. The summed E-state index contributed by atoms with van der Waals surface area (Å²) in [5.74, 6) is -2.76. The third-order valence-electron chi connectivity index (χ3n) is 5.37. The zero-order valence-corrected chi connectivity index (χ0v) is 21.9. The summed E-state index contributed by atoms with van der Waals surface area (Å²) < 4.78 is 31.2. The molecule has 2 aromatic carbocycles. The van der Waals surface area contributed by atoms with E-state index in [1.807, 2.05) is 4.72 Å². The lowest BCUT2D eigenvalue weighted by Gasteiger charge is -2.24. The Balaban J connectivity index is 1.74. The summed E-state index contributed by atoms with van der Waals surface area (Å²) in [5, 5.41) is 14.7. The van der Waals surface area contributed by atoms with Crippen molar-refractivity contribution in [2.75, 3.05) is 0 Å². The van der Waals surface area contributed by atoms with E-state index in [2.05, 4.69) is 10.6 Å². The lowest BCUT2D eigenvalue weighted by atomic mass is 10.0. The van der Waals surface area contributed by atoms with Gasteiger partial charge in [0, 0.05) is 18.9 Å².